The van der Waals surface area contributed by atoms with Gasteiger partial charge in [-0.1, -0.05) is 32.0 Å². The van der Waals surface area contributed by atoms with Gasteiger partial charge in [-0.2, -0.15) is 0 Å². The van der Waals surface area contributed by atoms with Crippen molar-refractivity contribution in [1.29, 1.82) is 0 Å². The predicted octanol–water partition coefficient (Wildman–Crippen LogP) is 2.42. The van der Waals surface area contributed by atoms with Crippen LogP contribution in [0.2, 0.25) is 0 Å². The Morgan fingerprint density at radius 2 is 1.93 bits per heavy atom. The van der Waals surface area contributed by atoms with Crippen molar-refractivity contribution in [3.63, 3.8) is 0 Å². The normalized spacial score (nSPS) is 12.9. The van der Waals surface area contributed by atoms with Crippen LogP contribution in [-0.2, 0) is 0 Å². The SMILES string of the molecule is Cc1ccccc1NC(CO)C(C)C. The maximum atomic E-state index is 9.19. The molecule has 0 heterocycles. The molecular weight excluding hydrogens is 174 g/mol. The van der Waals surface area contributed by atoms with E-state index in [9.17, 15) is 5.11 Å². The Labute approximate surface area is 86.0 Å². The van der Waals surface area contributed by atoms with E-state index >= 15 is 0 Å². The Kier molecular flexibility index (Phi) is 3.96. The molecule has 1 aromatic rings. The topological polar surface area (TPSA) is 32.3 Å². The Morgan fingerprint density at radius 1 is 1.29 bits per heavy atom. The second kappa shape index (κ2) is 5.01. The monoisotopic (exact) mass is 193 g/mol. The molecular formula is C12H19NO. The van der Waals surface area contributed by atoms with E-state index in [1.165, 1.54) is 5.56 Å². The van der Waals surface area contributed by atoms with Crippen LogP contribution in [0, 0.1) is 12.8 Å². The maximum Gasteiger partial charge on any atom is 0.0635 e. The maximum absolute atomic E-state index is 9.19. The van der Waals surface area contributed by atoms with Gasteiger partial charge in [0, 0.05) is 5.69 Å². The first-order chi connectivity index (χ1) is 6.65. The summed E-state index contributed by atoms with van der Waals surface area (Å²) in [5.74, 6) is 0.430. The second-order valence-electron chi connectivity index (χ2n) is 3.99. The van der Waals surface area contributed by atoms with E-state index in [2.05, 4.69) is 32.2 Å². The lowest BCUT2D eigenvalue weighted by molar-refractivity contribution is 0.249. The largest absolute Gasteiger partial charge is 0.394 e. The first kappa shape index (κ1) is 11.1. The molecule has 1 rings (SSSR count). The van der Waals surface area contributed by atoms with Crippen molar-refractivity contribution >= 4 is 5.69 Å². The average Bonchev–Trinajstić information content (AvgIpc) is 2.16. The van der Waals surface area contributed by atoms with Crippen LogP contribution in [0.5, 0.6) is 0 Å². The molecule has 0 aromatic heterocycles. The standard InChI is InChI=1S/C12H19NO/c1-9(2)12(8-14)13-11-7-5-4-6-10(11)3/h4-7,9,12-14H,8H2,1-3H3. The van der Waals surface area contributed by atoms with Gasteiger partial charge in [-0.3, -0.25) is 0 Å². The third kappa shape index (κ3) is 2.74. The average molecular weight is 193 g/mol. The van der Waals surface area contributed by atoms with Gasteiger partial charge in [0.2, 0.25) is 0 Å². The molecule has 0 amide bonds. The van der Waals surface area contributed by atoms with Gasteiger partial charge in [-0.25, -0.2) is 0 Å². The zero-order valence-corrected chi connectivity index (χ0v) is 9.12. The van der Waals surface area contributed by atoms with E-state index in [0.29, 0.717) is 5.92 Å². The van der Waals surface area contributed by atoms with Crippen LogP contribution in [0.1, 0.15) is 19.4 Å². The smallest absolute Gasteiger partial charge is 0.0635 e. The number of aryl methyl sites for hydroxylation is 1. The van der Waals surface area contributed by atoms with Crippen LogP contribution >= 0.6 is 0 Å². The first-order valence-corrected chi connectivity index (χ1v) is 5.08. The number of nitrogens with one attached hydrogen (secondary N) is 1. The van der Waals surface area contributed by atoms with Crippen LogP contribution in [0.4, 0.5) is 5.69 Å². The first-order valence-electron chi connectivity index (χ1n) is 5.08. The molecule has 0 aliphatic carbocycles. The van der Waals surface area contributed by atoms with Crippen molar-refractivity contribution in [1.82, 2.24) is 0 Å². The van der Waals surface area contributed by atoms with Gasteiger partial charge in [0.1, 0.15) is 0 Å². The molecule has 0 saturated carbocycles. The summed E-state index contributed by atoms with van der Waals surface area (Å²) in [6.45, 7) is 6.45. The lowest BCUT2D eigenvalue weighted by atomic mass is 10.0. The summed E-state index contributed by atoms with van der Waals surface area (Å²) in [5, 5.41) is 12.5. The van der Waals surface area contributed by atoms with Gasteiger partial charge in [-0.15, -0.1) is 0 Å². The highest BCUT2D eigenvalue weighted by Crippen LogP contribution is 2.16. The third-order valence-electron chi connectivity index (χ3n) is 2.49. The van der Waals surface area contributed by atoms with Crippen molar-refractivity contribution in [3.8, 4) is 0 Å². The minimum atomic E-state index is 0.135. The van der Waals surface area contributed by atoms with Gasteiger partial charge in [0.25, 0.3) is 0 Å². The fraction of sp³-hybridized carbons (Fsp3) is 0.500. The van der Waals surface area contributed by atoms with Gasteiger partial charge in [0.15, 0.2) is 0 Å². The van der Waals surface area contributed by atoms with Gasteiger partial charge >= 0.3 is 0 Å². The Morgan fingerprint density at radius 3 is 2.43 bits per heavy atom. The van der Waals surface area contributed by atoms with Crippen LogP contribution in [0.15, 0.2) is 24.3 Å². The minimum Gasteiger partial charge on any atom is -0.394 e. The molecule has 0 saturated heterocycles. The zero-order chi connectivity index (χ0) is 10.6. The Balaban J connectivity index is 2.72. The highest BCUT2D eigenvalue weighted by atomic mass is 16.3. The predicted molar refractivity (Wildman–Crippen MR) is 60.5 cm³/mol. The fourth-order valence-corrected chi connectivity index (χ4v) is 1.36. The molecule has 0 spiro atoms. The van der Waals surface area contributed by atoms with Crippen molar-refractivity contribution in [2.45, 2.75) is 26.8 Å². The molecule has 0 radical (unpaired) electrons. The molecule has 0 fully saturated rings. The lowest BCUT2D eigenvalue weighted by Crippen LogP contribution is -2.29. The Bertz CT molecular complexity index is 283. The number of rotatable bonds is 4. The van der Waals surface area contributed by atoms with E-state index in [1.807, 2.05) is 18.2 Å². The van der Waals surface area contributed by atoms with Crippen LogP contribution < -0.4 is 5.32 Å². The van der Waals surface area contributed by atoms with E-state index in [4.69, 9.17) is 0 Å². The molecule has 2 nitrogen and oxygen atoms in total. The highest BCUT2D eigenvalue weighted by molar-refractivity contribution is 5.50. The molecule has 2 N–H and O–H groups in total. The number of anilines is 1. The molecule has 1 unspecified atom stereocenters. The molecule has 14 heavy (non-hydrogen) atoms. The molecule has 0 bridgehead atoms. The van der Waals surface area contributed by atoms with Crippen molar-refractivity contribution < 1.29 is 5.11 Å². The fourth-order valence-electron chi connectivity index (χ4n) is 1.36. The number of para-hydroxylation sites is 1. The third-order valence-corrected chi connectivity index (χ3v) is 2.49. The number of hydrogen-bond donors (Lipinski definition) is 2. The van der Waals surface area contributed by atoms with Gasteiger partial charge < -0.3 is 10.4 Å². The van der Waals surface area contributed by atoms with E-state index < -0.39 is 0 Å². The summed E-state index contributed by atoms with van der Waals surface area (Å²) in [5.41, 5.74) is 2.33. The van der Waals surface area contributed by atoms with E-state index in [1.54, 1.807) is 0 Å². The van der Waals surface area contributed by atoms with Crippen LogP contribution in [0.25, 0.3) is 0 Å². The summed E-state index contributed by atoms with van der Waals surface area (Å²) in [6, 6.07) is 8.27. The molecule has 1 atom stereocenters. The zero-order valence-electron chi connectivity index (χ0n) is 9.12. The highest BCUT2D eigenvalue weighted by Gasteiger charge is 2.11. The van der Waals surface area contributed by atoms with Gasteiger partial charge in [-0.05, 0) is 24.5 Å². The Hall–Kier alpha value is -1.02. The van der Waals surface area contributed by atoms with E-state index in [0.717, 1.165) is 5.69 Å². The van der Waals surface area contributed by atoms with Crippen molar-refractivity contribution in [2.24, 2.45) is 5.92 Å². The summed E-state index contributed by atoms with van der Waals surface area (Å²) in [4.78, 5) is 0. The second-order valence-corrected chi connectivity index (χ2v) is 3.99. The summed E-state index contributed by atoms with van der Waals surface area (Å²) in [6.07, 6.45) is 0. The molecule has 1 aromatic carbocycles. The van der Waals surface area contributed by atoms with Crippen molar-refractivity contribution in [3.05, 3.63) is 29.8 Å². The number of benzene rings is 1. The minimum absolute atomic E-state index is 0.135. The van der Waals surface area contributed by atoms with E-state index in [-0.39, 0.29) is 12.6 Å². The summed E-state index contributed by atoms with van der Waals surface area (Å²) >= 11 is 0. The summed E-state index contributed by atoms with van der Waals surface area (Å²) in [7, 11) is 0. The van der Waals surface area contributed by atoms with Crippen LogP contribution in [0.3, 0.4) is 0 Å². The summed E-state index contributed by atoms with van der Waals surface area (Å²) < 4.78 is 0. The number of aliphatic hydroxyl groups excluding tert-OH is 1. The van der Waals surface area contributed by atoms with Crippen LogP contribution in [-0.4, -0.2) is 17.8 Å². The molecule has 2 heteroatoms. The number of hydrogen-bond acceptors (Lipinski definition) is 2. The molecule has 78 valence electrons. The number of aliphatic hydroxyl groups is 1. The molecule has 0 aliphatic rings. The van der Waals surface area contributed by atoms with Crippen molar-refractivity contribution in [2.75, 3.05) is 11.9 Å². The molecule has 0 aliphatic heterocycles. The van der Waals surface area contributed by atoms with Gasteiger partial charge in [0.05, 0.1) is 12.6 Å². The lowest BCUT2D eigenvalue weighted by Gasteiger charge is -2.22. The quantitative estimate of drug-likeness (QED) is 0.769.